The van der Waals surface area contributed by atoms with Crippen LogP contribution in [0.1, 0.15) is 12.5 Å². The minimum Gasteiger partial charge on any atom is -0.312 e. The van der Waals surface area contributed by atoms with Gasteiger partial charge >= 0.3 is 6.18 Å². The summed E-state index contributed by atoms with van der Waals surface area (Å²) in [4.78, 5) is 13.0. The normalized spacial score (nSPS) is 12.2. The van der Waals surface area contributed by atoms with Crippen molar-refractivity contribution >= 4 is 28.6 Å². The summed E-state index contributed by atoms with van der Waals surface area (Å²) in [5.41, 5.74) is 2.11. The van der Waals surface area contributed by atoms with Crippen molar-refractivity contribution in [3.8, 4) is 22.6 Å². The first-order valence-electron chi connectivity index (χ1n) is 9.94. The zero-order valence-electron chi connectivity index (χ0n) is 17.4. The minimum absolute atomic E-state index is 0.129. The van der Waals surface area contributed by atoms with Crippen molar-refractivity contribution in [2.45, 2.75) is 18.1 Å². The van der Waals surface area contributed by atoms with Crippen LogP contribution in [-0.4, -0.2) is 34.9 Å². The van der Waals surface area contributed by atoms with Crippen LogP contribution in [0.3, 0.4) is 0 Å². The van der Waals surface area contributed by atoms with Crippen molar-refractivity contribution in [2.75, 3.05) is 5.75 Å². The molecule has 4 aromatic heterocycles. The molecule has 0 fully saturated rings. The fourth-order valence-electron chi connectivity index (χ4n) is 3.65. The van der Waals surface area contributed by atoms with Crippen LogP contribution in [0, 0.1) is 5.82 Å². The largest absolute Gasteiger partial charge is 0.417 e. The van der Waals surface area contributed by atoms with Crippen molar-refractivity contribution in [1.29, 1.82) is 0 Å². The van der Waals surface area contributed by atoms with Gasteiger partial charge in [-0.3, -0.25) is 0 Å². The molecule has 0 aliphatic carbocycles. The molecule has 6 nitrogen and oxygen atoms in total. The average molecular weight is 472 g/mol. The predicted octanol–water partition coefficient (Wildman–Crippen LogP) is 5.61. The SMILES string of the molecule is CCSc1nn2c(-c3ccc(F)cc3)ccnc2c1-c1nc2cc(C(F)(F)F)cnc2n1C. The molecule has 0 atom stereocenters. The van der Waals surface area contributed by atoms with Gasteiger partial charge in [0.2, 0.25) is 0 Å². The van der Waals surface area contributed by atoms with Crippen molar-refractivity contribution in [1.82, 2.24) is 29.1 Å². The van der Waals surface area contributed by atoms with Gasteiger partial charge in [0.25, 0.3) is 0 Å². The zero-order chi connectivity index (χ0) is 23.3. The standard InChI is InChI=1S/C22H16F4N6S/c1-3-33-21-17(20-29-15-10-13(22(24,25)26)11-28-18(15)31(20)2)19-27-9-8-16(32(19)30-21)12-4-6-14(23)7-5-12/h4-11H,3H2,1-2H3. The monoisotopic (exact) mass is 472 g/mol. The van der Waals surface area contributed by atoms with Gasteiger partial charge in [-0.25, -0.2) is 23.9 Å². The third-order valence-corrected chi connectivity index (χ3v) is 6.02. The first-order valence-corrected chi connectivity index (χ1v) is 10.9. The van der Waals surface area contributed by atoms with E-state index in [2.05, 4.69) is 15.0 Å². The number of nitrogens with zero attached hydrogens (tertiary/aromatic N) is 6. The van der Waals surface area contributed by atoms with Gasteiger partial charge in [-0.2, -0.15) is 18.3 Å². The number of rotatable bonds is 4. The van der Waals surface area contributed by atoms with Crippen LogP contribution in [0.4, 0.5) is 17.6 Å². The molecule has 33 heavy (non-hydrogen) atoms. The number of aryl methyl sites for hydroxylation is 1. The lowest BCUT2D eigenvalue weighted by Crippen LogP contribution is -2.05. The molecule has 0 radical (unpaired) electrons. The van der Waals surface area contributed by atoms with E-state index in [9.17, 15) is 17.6 Å². The molecule has 0 saturated heterocycles. The number of alkyl halides is 3. The van der Waals surface area contributed by atoms with E-state index in [0.717, 1.165) is 17.8 Å². The number of aromatic nitrogens is 6. The number of halogens is 4. The number of pyridine rings is 1. The zero-order valence-corrected chi connectivity index (χ0v) is 18.2. The summed E-state index contributed by atoms with van der Waals surface area (Å²) < 4.78 is 56.2. The third kappa shape index (κ3) is 3.62. The summed E-state index contributed by atoms with van der Waals surface area (Å²) in [5.74, 6) is 0.771. The molecule has 1 aromatic carbocycles. The van der Waals surface area contributed by atoms with Gasteiger partial charge < -0.3 is 4.57 Å². The summed E-state index contributed by atoms with van der Waals surface area (Å²) in [5, 5.41) is 5.35. The lowest BCUT2D eigenvalue weighted by Gasteiger charge is -2.05. The lowest BCUT2D eigenvalue weighted by molar-refractivity contribution is -0.137. The first-order chi connectivity index (χ1) is 15.8. The van der Waals surface area contributed by atoms with E-state index in [4.69, 9.17) is 5.10 Å². The van der Waals surface area contributed by atoms with Crippen molar-refractivity contribution < 1.29 is 17.6 Å². The molecule has 0 amide bonds. The van der Waals surface area contributed by atoms with Gasteiger partial charge in [-0.1, -0.05) is 6.92 Å². The van der Waals surface area contributed by atoms with E-state index in [1.807, 2.05) is 6.92 Å². The molecule has 0 aliphatic heterocycles. The van der Waals surface area contributed by atoms with Crippen LogP contribution in [0.15, 0.2) is 53.8 Å². The Balaban J connectivity index is 1.76. The summed E-state index contributed by atoms with van der Waals surface area (Å²) in [6.45, 7) is 1.97. The first kappa shape index (κ1) is 21.4. The van der Waals surface area contributed by atoms with Gasteiger partial charge in [0.15, 0.2) is 11.3 Å². The van der Waals surface area contributed by atoms with Crippen molar-refractivity contribution in [2.24, 2.45) is 7.05 Å². The Morgan fingerprint density at radius 3 is 2.48 bits per heavy atom. The van der Waals surface area contributed by atoms with Gasteiger partial charge in [0.05, 0.1) is 16.8 Å². The lowest BCUT2D eigenvalue weighted by atomic mass is 10.1. The smallest absolute Gasteiger partial charge is 0.312 e. The Bertz CT molecular complexity index is 1490. The van der Waals surface area contributed by atoms with Crippen LogP contribution in [-0.2, 0) is 13.2 Å². The topological polar surface area (TPSA) is 60.9 Å². The van der Waals surface area contributed by atoms with E-state index in [-0.39, 0.29) is 11.3 Å². The second kappa shape index (κ2) is 7.84. The van der Waals surface area contributed by atoms with Crippen molar-refractivity contribution in [3.63, 3.8) is 0 Å². The number of imidazole rings is 1. The Morgan fingerprint density at radius 1 is 1.03 bits per heavy atom. The van der Waals surface area contributed by atoms with Crippen LogP contribution in [0.2, 0.25) is 0 Å². The maximum absolute atomic E-state index is 13.4. The Kier molecular flexibility index (Phi) is 5.08. The molecule has 0 spiro atoms. The highest BCUT2D eigenvalue weighted by atomic mass is 32.2. The average Bonchev–Trinajstić information content (AvgIpc) is 3.30. The van der Waals surface area contributed by atoms with Crippen LogP contribution in [0.25, 0.3) is 39.5 Å². The molecule has 5 rings (SSSR count). The Labute approximate surface area is 189 Å². The van der Waals surface area contributed by atoms with E-state index in [1.165, 1.54) is 23.9 Å². The highest BCUT2D eigenvalue weighted by molar-refractivity contribution is 7.99. The molecule has 168 valence electrons. The van der Waals surface area contributed by atoms with Crippen LogP contribution >= 0.6 is 11.8 Å². The van der Waals surface area contributed by atoms with E-state index in [1.54, 1.807) is 40.5 Å². The predicted molar refractivity (Wildman–Crippen MR) is 117 cm³/mol. The van der Waals surface area contributed by atoms with E-state index < -0.39 is 11.7 Å². The molecular weight excluding hydrogens is 456 g/mol. The Hall–Kier alpha value is -3.47. The van der Waals surface area contributed by atoms with E-state index >= 15 is 0 Å². The maximum atomic E-state index is 13.4. The van der Waals surface area contributed by atoms with Gasteiger partial charge in [0.1, 0.15) is 22.2 Å². The van der Waals surface area contributed by atoms with Gasteiger partial charge in [0, 0.05) is 25.0 Å². The molecule has 0 aliphatic rings. The van der Waals surface area contributed by atoms with E-state index in [0.29, 0.717) is 39.2 Å². The number of hydrogen-bond acceptors (Lipinski definition) is 5. The molecule has 0 bridgehead atoms. The molecule has 5 aromatic rings. The number of hydrogen-bond donors (Lipinski definition) is 0. The second-order valence-corrected chi connectivity index (χ2v) is 8.50. The highest BCUT2D eigenvalue weighted by Crippen LogP contribution is 2.37. The highest BCUT2D eigenvalue weighted by Gasteiger charge is 2.32. The Morgan fingerprint density at radius 2 is 1.79 bits per heavy atom. The van der Waals surface area contributed by atoms with Crippen LogP contribution < -0.4 is 0 Å². The quantitative estimate of drug-likeness (QED) is 0.251. The van der Waals surface area contributed by atoms with Gasteiger partial charge in [-0.05, 0) is 42.2 Å². The molecular formula is C22H16F4N6S. The van der Waals surface area contributed by atoms with Crippen LogP contribution in [0.5, 0.6) is 0 Å². The summed E-state index contributed by atoms with van der Waals surface area (Å²) >= 11 is 1.47. The summed E-state index contributed by atoms with van der Waals surface area (Å²) in [6, 6.07) is 8.78. The molecule has 0 N–H and O–H groups in total. The fourth-order valence-corrected chi connectivity index (χ4v) is 4.39. The number of thioether (sulfide) groups is 1. The number of fused-ring (bicyclic) bond motifs is 2. The molecule has 0 unspecified atom stereocenters. The molecule has 11 heteroatoms. The van der Waals surface area contributed by atoms with Crippen molar-refractivity contribution in [3.05, 3.63) is 60.2 Å². The molecule has 0 saturated carbocycles. The summed E-state index contributed by atoms with van der Waals surface area (Å²) in [7, 11) is 1.69. The summed E-state index contributed by atoms with van der Waals surface area (Å²) in [6.07, 6.45) is -2.10. The maximum Gasteiger partial charge on any atom is 0.417 e. The number of benzene rings is 1. The minimum atomic E-state index is -4.52. The second-order valence-electron chi connectivity index (χ2n) is 7.24. The van der Waals surface area contributed by atoms with Gasteiger partial charge in [-0.15, -0.1) is 11.8 Å². The molecule has 4 heterocycles. The fraction of sp³-hybridized carbons (Fsp3) is 0.182. The third-order valence-electron chi connectivity index (χ3n) is 5.17.